The van der Waals surface area contributed by atoms with Crippen molar-refractivity contribution in [2.45, 2.75) is 56.7 Å². The molecule has 3 heterocycles. The SMILES string of the molecule is COCOC(=O)c1cn(C2CC2)c2ccc(F)cc2c1=O.O=C(O)c1cn(C2CC2)c2ccc(F)cc2c1=O.O=C([O-])c1cn(C2CC2)c2ccc(F)cc2c1=O.[K+]. The summed E-state index contributed by atoms with van der Waals surface area (Å²) < 4.78 is 54.6. The summed E-state index contributed by atoms with van der Waals surface area (Å²) in [5.41, 5.74) is -0.884. The van der Waals surface area contributed by atoms with E-state index in [9.17, 15) is 47.0 Å². The van der Waals surface area contributed by atoms with Crippen LogP contribution in [0.3, 0.4) is 0 Å². The standard InChI is InChI=1S/C15H14FNO4.2C13H10FNO3.K/c1-20-8-21-15(19)12-7-17(10-3-4-10)13-5-2-9(16)6-11(13)14(12)18;2*14-7-1-4-11-9(5-7)12(16)10(13(17)18)6-15(11)8-2-3-8;/h2,5-7,10H,3-4,8H2,1H3;2*1,4-6,8H,2-3H2,(H,17,18);/q;;;+1/p-1. The number of carboxylic acid groups (broad SMARTS) is 2. The van der Waals surface area contributed by atoms with Crippen molar-refractivity contribution < 1.29 is 98.6 Å². The van der Waals surface area contributed by atoms with E-state index < -0.39 is 57.2 Å². The van der Waals surface area contributed by atoms with Gasteiger partial charge in [0, 0.05) is 60.0 Å². The first-order valence-electron chi connectivity index (χ1n) is 17.9. The van der Waals surface area contributed by atoms with Gasteiger partial charge in [-0.05, 0) is 93.1 Å². The minimum absolute atomic E-state index is 0. The maximum absolute atomic E-state index is 13.4. The van der Waals surface area contributed by atoms with Gasteiger partial charge in [-0.25, -0.2) is 22.8 Å². The van der Waals surface area contributed by atoms with E-state index >= 15 is 0 Å². The minimum Gasteiger partial charge on any atom is -0.545 e. The third-order valence-corrected chi connectivity index (χ3v) is 9.78. The van der Waals surface area contributed by atoms with Crippen LogP contribution >= 0.6 is 0 Å². The molecule has 294 valence electrons. The van der Waals surface area contributed by atoms with Gasteiger partial charge in [-0.1, -0.05) is 0 Å². The van der Waals surface area contributed by atoms with Gasteiger partial charge in [-0.15, -0.1) is 0 Å². The second kappa shape index (κ2) is 17.5. The number of hydrogen-bond donors (Lipinski definition) is 1. The molecule has 3 saturated carbocycles. The zero-order chi connectivity index (χ0) is 40.7. The van der Waals surface area contributed by atoms with Crippen LogP contribution in [-0.2, 0) is 9.47 Å². The molecule has 3 aliphatic rings. The Labute approximate surface area is 368 Å². The van der Waals surface area contributed by atoms with Gasteiger partial charge in [0.25, 0.3) is 0 Å². The molecular formula is C41H33F3KN3O10. The van der Waals surface area contributed by atoms with Gasteiger partial charge in [0.15, 0.2) is 12.2 Å². The van der Waals surface area contributed by atoms with Gasteiger partial charge in [-0.2, -0.15) is 0 Å². The Morgan fingerprint density at radius 3 is 1.33 bits per heavy atom. The van der Waals surface area contributed by atoms with Crippen molar-refractivity contribution >= 4 is 50.6 Å². The normalized spacial score (nSPS) is 14.5. The zero-order valence-corrected chi connectivity index (χ0v) is 34.3. The number of hydrogen-bond acceptors (Lipinski definition) is 9. The van der Waals surface area contributed by atoms with E-state index in [0.717, 1.165) is 56.7 Å². The first-order chi connectivity index (χ1) is 27.3. The Bertz CT molecular complexity index is 2680. The molecule has 9 rings (SSSR count). The number of carboxylic acids is 2. The van der Waals surface area contributed by atoms with Crippen molar-refractivity contribution in [3.05, 3.63) is 138 Å². The fraction of sp³-hybridized carbons (Fsp3) is 0.268. The quantitative estimate of drug-likeness (QED) is 0.136. The molecule has 3 fully saturated rings. The first kappa shape index (κ1) is 42.7. The van der Waals surface area contributed by atoms with E-state index in [1.807, 2.05) is 4.57 Å². The van der Waals surface area contributed by atoms with Crippen LogP contribution < -0.4 is 72.8 Å². The molecule has 3 aliphatic carbocycles. The molecule has 0 saturated heterocycles. The van der Waals surface area contributed by atoms with Crippen LogP contribution in [0.25, 0.3) is 32.7 Å². The van der Waals surface area contributed by atoms with Crippen LogP contribution in [0.5, 0.6) is 0 Å². The summed E-state index contributed by atoms with van der Waals surface area (Å²) in [6, 6.07) is 12.4. The Hall–Kier alpha value is -4.91. The number of aromatic nitrogens is 3. The molecule has 58 heavy (non-hydrogen) atoms. The molecule has 0 bridgehead atoms. The molecule has 0 aliphatic heterocycles. The topological polar surface area (TPSA) is 179 Å². The van der Waals surface area contributed by atoms with Gasteiger partial charge >= 0.3 is 63.3 Å². The number of pyridine rings is 3. The Kier molecular flexibility index (Phi) is 12.9. The predicted octanol–water partition coefficient (Wildman–Crippen LogP) is 2.25. The van der Waals surface area contributed by atoms with Crippen molar-refractivity contribution in [3.8, 4) is 0 Å². The number of rotatable bonds is 8. The maximum Gasteiger partial charge on any atom is 1.00 e. The Morgan fingerprint density at radius 1 is 0.638 bits per heavy atom. The number of aromatic carboxylic acids is 2. The number of halogens is 3. The largest absolute Gasteiger partial charge is 1.00 e. The summed E-state index contributed by atoms with van der Waals surface area (Å²) in [6.07, 6.45) is 9.88. The van der Waals surface area contributed by atoms with Crippen molar-refractivity contribution in [2.24, 2.45) is 0 Å². The van der Waals surface area contributed by atoms with Crippen molar-refractivity contribution in [3.63, 3.8) is 0 Å². The van der Waals surface area contributed by atoms with Gasteiger partial charge in [0.2, 0.25) is 10.9 Å². The average Bonchev–Trinajstić information content (AvgIpc) is 4.01. The Balaban J connectivity index is 0.000000146. The van der Waals surface area contributed by atoms with Crippen LogP contribution in [0.4, 0.5) is 13.2 Å². The molecule has 1 N–H and O–H groups in total. The van der Waals surface area contributed by atoms with Crippen LogP contribution in [0.1, 0.15) is 87.7 Å². The van der Waals surface area contributed by atoms with Crippen LogP contribution in [0.2, 0.25) is 0 Å². The second-order valence-electron chi connectivity index (χ2n) is 13.9. The molecule has 0 radical (unpaired) electrons. The van der Waals surface area contributed by atoms with E-state index in [1.165, 1.54) is 56.0 Å². The van der Waals surface area contributed by atoms with Gasteiger partial charge in [0.1, 0.15) is 28.6 Å². The van der Waals surface area contributed by atoms with Crippen LogP contribution in [0.15, 0.2) is 87.6 Å². The monoisotopic (exact) mass is 823 g/mol. The van der Waals surface area contributed by atoms with Crippen molar-refractivity contribution in [1.82, 2.24) is 13.7 Å². The first-order valence-corrected chi connectivity index (χ1v) is 17.9. The third-order valence-electron chi connectivity index (χ3n) is 9.78. The summed E-state index contributed by atoms with van der Waals surface area (Å²) in [6.45, 7) is -0.233. The predicted molar refractivity (Wildman–Crippen MR) is 198 cm³/mol. The number of nitrogens with zero attached hydrogens (tertiary/aromatic N) is 3. The molecule has 0 atom stereocenters. The third kappa shape index (κ3) is 9.04. The molecule has 6 aromatic rings. The van der Waals surface area contributed by atoms with Gasteiger partial charge < -0.3 is 38.2 Å². The zero-order valence-electron chi connectivity index (χ0n) is 31.2. The molecule has 13 nitrogen and oxygen atoms in total. The summed E-state index contributed by atoms with van der Waals surface area (Å²) in [7, 11) is 1.38. The van der Waals surface area contributed by atoms with Gasteiger partial charge in [-0.3, -0.25) is 14.4 Å². The van der Waals surface area contributed by atoms with Crippen LogP contribution in [0, 0.1) is 17.5 Å². The number of methoxy groups -OCH3 is 1. The summed E-state index contributed by atoms with van der Waals surface area (Å²) >= 11 is 0. The molecule has 17 heteroatoms. The summed E-state index contributed by atoms with van der Waals surface area (Å²) in [5, 5.41) is 20.3. The second-order valence-corrected chi connectivity index (χ2v) is 13.9. The van der Waals surface area contributed by atoms with E-state index in [0.29, 0.717) is 16.6 Å². The van der Waals surface area contributed by atoms with E-state index in [1.54, 1.807) is 15.2 Å². The van der Waals surface area contributed by atoms with E-state index in [2.05, 4.69) is 4.74 Å². The number of esters is 1. The maximum atomic E-state index is 13.4. The number of ether oxygens (including phenoxy) is 2. The minimum atomic E-state index is -1.53. The van der Waals surface area contributed by atoms with E-state index in [4.69, 9.17) is 9.84 Å². The molecule has 0 unspecified atom stereocenters. The van der Waals surface area contributed by atoms with Crippen molar-refractivity contribution in [1.29, 1.82) is 0 Å². The number of carbonyl (C=O) groups is 3. The molecule has 3 aromatic heterocycles. The smallest absolute Gasteiger partial charge is 0.545 e. The fourth-order valence-electron chi connectivity index (χ4n) is 6.58. The van der Waals surface area contributed by atoms with Crippen LogP contribution in [-0.4, -0.2) is 50.6 Å². The number of benzene rings is 3. The molecule has 0 spiro atoms. The molecule has 0 amide bonds. The molecular weight excluding hydrogens is 791 g/mol. The fourth-order valence-corrected chi connectivity index (χ4v) is 6.58. The summed E-state index contributed by atoms with van der Waals surface area (Å²) in [4.78, 5) is 70.1. The van der Waals surface area contributed by atoms with Crippen molar-refractivity contribution in [2.75, 3.05) is 13.9 Å². The molecule has 3 aromatic carbocycles. The average molecular weight is 824 g/mol. The number of carbonyl (C=O) groups excluding carboxylic acids is 2. The van der Waals surface area contributed by atoms with Gasteiger partial charge in [0.05, 0.1) is 28.1 Å². The summed E-state index contributed by atoms with van der Waals surface area (Å²) in [5.74, 6) is -5.17. The van der Waals surface area contributed by atoms with E-state index in [-0.39, 0.29) is 104 Å². The Morgan fingerprint density at radius 2 is 0.983 bits per heavy atom. The number of fused-ring (bicyclic) bond motifs is 3.